The third kappa shape index (κ3) is 8.99. The summed E-state index contributed by atoms with van der Waals surface area (Å²) in [4.78, 5) is 0. The Morgan fingerprint density at radius 2 is 1.26 bits per heavy atom. The van der Waals surface area contributed by atoms with Crippen molar-refractivity contribution in [3.8, 4) is 11.9 Å². The van der Waals surface area contributed by atoms with Gasteiger partial charge in [0, 0.05) is 17.5 Å². The molecule has 4 nitrogen and oxygen atoms in total. The van der Waals surface area contributed by atoms with Crippen LogP contribution in [0.15, 0.2) is 0 Å². The Hall–Kier alpha value is -1.04. The molecular weight excluding hydrogens is 283 g/mol. The monoisotopic (exact) mass is 318 g/mol. The highest BCUT2D eigenvalue weighted by Gasteiger charge is 2.38. The van der Waals surface area contributed by atoms with Gasteiger partial charge in [-0.05, 0) is 38.6 Å². The van der Waals surface area contributed by atoms with Gasteiger partial charge in [0.1, 0.15) is 0 Å². The molecular formula is C18H35BN4. The predicted octanol–water partition coefficient (Wildman–Crippen LogP) is 3.97. The van der Waals surface area contributed by atoms with Gasteiger partial charge in [-0.3, -0.25) is 0 Å². The van der Waals surface area contributed by atoms with Gasteiger partial charge in [-0.2, -0.15) is 0 Å². The van der Waals surface area contributed by atoms with Crippen LogP contribution < -0.4 is 11.0 Å². The van der Waals surface area contributed by atoms with Crippen LogP contribution in [0.1, 0.15) is 85.5 Å². The van der Waals surface area contributed by atoms with Crippen LogP contribution in [-0.4, -0.2) is 18.9 Å². The van der Waals surface area contributed by atoms with Crippen LogP contribution in [0.3, 0.4) is 0 Å². The fourth-order valence-corrected chi connectivity index (χ4v) is 2.73. The number of rotatable bonds is 13. The van der Waals surface area contributed by atoms with E-state index in [1.54, 1.807) is 0 Å². The largest absolute Gasteiger partial charge is 0.462 e. The average Bonchev–Trinajstić information content (AvgIpc) is 2.50. The number of nitriles is 2. The highest BCUT2D eigenvalue weighted by atomic mass is 14.9. The van der Waals surface area contributed by atoms with Crippen molar-refractivity contribution >= 4 is 6.85 Å². The molecule has 0 aromatic heterocycles. The van der Waals surface area contributed by atoms with Crippen LogP contribution in [0.25, 0.3) is 0 Å². The molecule has 5 heteroatoms. The first-order chi connectivity index (χ1) is 10.8. The van der Waals surface area contributed by atoms with E-state index in [2.05, 4.69) is 32.9 Å². The Morgan fingerprint density at radius 1 is 0.826 bits per heavy atom. The van der Waals surface area contributed by atoms with Crippen LogP contribution in [0, 0.1) is 27.9 Å². The van der Waals surface area contributed by atoms with E-state index in [0.29, 0.717) is 0 Å². The Bertz CT molecular complexity index is 379. The van der Waals surface area contributed by atoms with E-state index in [1.807, 2.05) is 11.9 Å². The lowest BCUT2D eigenvalue weighted by molar-refractivity contribution is 0.162. The molecule has 0 unspecified atom stereocenters. The summed E-state index contributed by atoms with van der Waals surface area (Å²) in [7, 11) is 0. The van der Waals surface area contributed by atoms with E-state index in [9.17, 15) is 0 Å². The smallest absolute Gasteiger partial charge is 0.330 e. The summed E-state index contributed by atoms with van der Waals surface area (Å²) in [6.07, 6.45) is 11.2. The number of hydrogen-bond acceptors (Lipinski definition) is 4. The number of nitrogens with two attached hydrogens (primary N) is 1. The zero-order valence-electron chi connectivity index (χ0n) is 15.6. The van der Waals surface area contributed by atoms with Gasteiger partial charge >= 0.3 is 6.85 Å². The maximum absolute atomic E-state index is 8.96. The van der Waals surface area contributed by atoms with E-state index in [4.69, 9.17) is 16.3 Å². The minimum Gasteiger partial charge on any atom is -0.330 e. The van der Waals surface area contributed by atoms with E-state index >= 15 is 0 Å². The van der Waals surface area contributed by atoms with Gasteiger partial charge in [-0.25, -0.2) is 10.5 Å². The second-order valence-electron chi connectivity index (χ2n) is 7.71. The second kappa shape index (κ2) is 11.5. The first-order valence-electron chi connectivity index (χ1n) is 9.08. The zero-order valence-corrected chi connectivity index (χ0v) is 15.6. The van der Waals surface area contributed by atoms with Gasteiger partial charge in [0.15, 0.2) is 0 Å². The summed E-state index contributed by atoms with van der Waals surface area (Å²) in [5, 5.41) is 21.1. The van der Waals surface area contributed by atoms with Crippen molar-refractivity contribution in [1.82, 2.24) is 5.23 Å². The van der Waals surface area contributed by atoms with Gasteiger partial charge in [0.05, 0.1) is 0 Å². The minimum atomic E-state index is -0.738. The minimum absolute atomic E-state index is 0.0417. The van der Waals surface area contributed by atoms with Crippen molar-refractivity contribution in [1.29, 1.82) is 10.5 Å². The Kier molecular flexibility index (Phi) is 11.0. The molecule has 0 amide bonds. The third-order valence-corrected chi connectivity index (χ3v) is 5.21. The molecule has 0 spiro atoms. The number of unbranched alkanes of at least 4 members (excludes halogenated alkanes) is 7. The van der Waals surface area contributed by atoms with Crippen molar-refractivity contribution in [3.05, 3.63) is 0 Å². The van der Waals surface area contributed by atoms with Gasteiger partial charge in [0.25, 0.3) is 0 Å². The molecule has 0 aliphatic carbocycles. The topological polar surface area (TPSA) is 85.6 Å². The molecule has 0 atom stereocenters. The summed E-state index contributed by atoms with van der Waals surface area (Å²) in [5.41, 5.74) is 5.29. The molecule has 0 aliphatic rings. The predicted molar refractivity (Wildman–Crippen MR) is 98.6 cm³/mol. The van der Waals surface area contributed by atoms with Gasteiger partial charge in [-0.1, -0.05) is 58.8 Å². The lowest BCUT2D eigenvalue weighted by Gasteiger charge is -2.43. The maximum atomic E-state index is 8.96. The van der Waals surface area contributed by atoms with Crippen molar-refractivity contribution < 1.29 is 0 Å². The molecule has 130 valence electrons. The van der Waals surface area contributed by atoms with Gasteiger partial charge in [0.2, 0.25) is 0 Å². The Morgan fingerprint density at radius 3 is 1.70 bits per heavy atom. The molecule has 0 saturated heterocycles. The van der Waals surface area contributed by atoms with E-state index < -0.39 is 6.85 Å². The quantitative estimate of drug-likeness (QED) is 0.397. The summed E-state index contributed by atoms with van der Waals surface area (Å²) in [5.74, 6) is 4.01. The summed E-state index contributed by atoms with van der Waals surface area (Å²) >= 11 is 0. The van der Waals surface area contributed by atoms with Crippen molar-refractivity contribution in [2.45, 2.75) is 91.0 Å². The molecule has 0 rings (SSSR count). The summed E-state index contributed by atoms with van der Waals surface area (Å²) < 4.78 is 0. The highest BCUT2D eigenvalue weighted by Crippen LogP contribution is 2.36. The molecule has 0 aromatic carbocycles. The number of nitrogens with one attached hydrogen (secondary N) is 1. The maximum Gasteiger partial charge on any atom is 0.462 e. The van der Waals surface area contributed by atoms with E-state index in [1.165, 1.54) is 44.9 Å². The molecule has 0 bridgehead atoms. The molecule has 0 saturated carbocycles. The van der Waals surface area contributed by atoms with Gasteiger partial charge in [-0.15, -0.1) is 0 Å². The lowest BCUT2D eigenvalue weighted by Crippen LogP contribution is -2.56. The van der Waals surface area contributed by atoms with Crippen LogP contribution in [0.5, 0.6) is 0 Å². The standard InChI is InChI=1S/C18H35BN4/c1-17(2,18(3,4)23-19(15-21)16-22)13-11-9-7-5-6-8-10-12-14-20/h23H,5-14,20H2,1-4H3. The van der Waals surface area contributed by atoms with E-state index in [0.717, 1.165) is 19.4 Å². The number of hydrogen-bond donors (Lipinski definition) is 2. The van der Waals surface area contributed by atoms with Crippen molar-refractivity contribution in [3.63, 3.8) is 0 Å². The molecule has 0 aliphatic heterocycles. The van der Waals surface area contributed by atoms with Gasteiger partial charge < -0.3 is 11.0 Å². The van der Waals surface area contributed by atoms with E-state index in [-0.39, 0.29) is 11.0 Å². The molecule has 23 heavy (non-hydrogen) atoms. The molecule has 0 radical (unpaired) electrons. The normalized spacial score (nSPS) is 11.8. The SMILES string of the molecule is CC(C)(CCCCCCCCCCN)C(C)(C)NB(C#N)C#N. The Labute approximate surface area is 143 Å². The zero-order chi connectivity index (χ0) is 17.8. The van der Waals surface area contributed by atoms with Crippen LogP contribution in [0.2, 0.25) is 0 Å². The van der Waals surface area contributed by atoms with Crippen LogP contribution >= 0.6 is 0 Å². The molecule has 0 aromatic rings. The fourth-order valence-electron chi connectivity index (χ4n) is 2.73. The summed E-state index contributed by atoms with van der Waals surface area (Å²) in [6, 6.07) is 0. The van der Waals surface area contributed by atoms with Crippen molar-refractivity contribution in [2.24, 2.45) is 11.1 Å². The average molecular weight is 318 g/mol. The molecule has 0 heterocycles. The number of nitrogens with zero attached hydrogens (tertiary/aromatic N) is 2. The Balaban J connectivity index is 3.99. The first-order valence-corrected chi connectivity index (χ1v) is 9.08. The molecule has 0 fully saturated rings. The van der Waals surface area contributed by atoms with Crippen LogP contribution in [0.4, 0.5) is 0 Å². The summed E-state index contributed by atoms with van der Waals surface area (Å²) in [6.45, 7) is 8.70. The third-order valence-electron chi connectivity index (χ3n) is 5.21. The molecule has 3 N–H and O–H groups in total. The fraction of sp³-hybridized carbons (Fsp3) is 0.889. The van der Waals surface area contributed by atoms with Crippen LogP contribution in [-0.2, 0) is 0 Å². The first kappa shape index (κ1) is 22.0. The van der Waals surface area contributed by atoms with Crippen molar-refractivity contribution in [2.75, 3.05) is 6.54 Å². The lowest BCUT2D eigenvalue weighted by atomic mass is 9.60. The highest BCUT2D eigenvalue weighted by molar-refractivity contribution is 6.72. The second-order valence-corrected chi connectivity index (χ2v) is 7.71.